The van der Waals surface area contributed by atoms with Crippen LogP contribution in [0.2, 0.25) is 0 Å². The molecule has 1 amide bonds. The maximum atomic E-state index is 11.7. The van der Waals surface area contributed by atoms with E-state index in [1.807, 2.05) is 0 Å². The van der Waals surface area contributed by atoms with Crippen LogP contribution in [-0.2, 0) is 14.4 Å². The monoisotopic (exact) mass is 454 g/mol. The highest BCUT2D eigenvalue weighted by molar-refractivity contribution is 8.15. The van der Waals surface area contributed by atoms with Gasteiger partial charge >= 0.3 is 17.6 Å². The van der Waals surface area contributed by atoms with Crippen molar-refractivity contribution in [2.75, 3.05) is 6.61 Å². The van der Waals surface area contributed by atoms with E-state index < -0.39 is 39.8 Å². The molecule has 1 heterocycles. The van der Waals surface area contributed by atoms with Gasteiger partial charge in [0.15, 0.2) is 17.0 Å². The van der Waals surface area contributed by atoms with Gasteiger partial charge in [0.25, 0.3) is 0 Å². The Bertz CT molecular complexity index is 963. The predicted octanol–water partition coefficient (Wildman–Crippen LogP) is 1.24. The molecule has 1 fully saturated rings. The second kappa shape index (κ2) is 10.4. The van der Waals surface area contributed by atoms with E-state index in [2.05, 4.69) is 15.5 Å². The first kappa shape index (κ1) is 23.6. The van der Waals surface area contributed by atoms with Gasteiger partial charge in [-0.25, -0.2) is 4.79 Å². The molecule has 0 aliphatic carbocycles. The van der Waals surface area contributed by atoms with Gasteiger partial charge in [0.05, 0.1) is 24.2 Å². The number of benzene rings is 1. The lowest BCUT2D eigenvalue weighted by atomic mass is 10.1. The number of nitro groups is 1. The van der Waals surface area contributed by atoms with E-state index in [4.69, 9.17) is 19.7 Å². The summed E-state index contributed by atoms with van der Waals surface area (Å²) >= 11 is 0.900. The summed E-state index contributed by atoms with van der Waals surface area (Å²) in [5.41, 5.74) is -0.329. The molecule has 14 heteroatoms. The molecule has 166 valence electrons. The number of amides is 1. The first-order chi connectivity index (χ1) is 14.6. The van der Waals surface area contributed by atoms with Gasteiger partial charge in [0.1, 0.15) is 5.25 Å². The Labute approximate surface area is 179 Å². The molecule has 1 aliphatic rings. The van der Waals surface area contributed by atoms with Crippen LogP contribution in [0.1, 0.15) is 25.8 Å². The van der Waals surface area contributed by atoms with Crippen molar-refractivity contribution in [3.63, 3.8) is 0 Å². The standard InChI is InChI=1S/C17H18N4O9S/c1-3-29-11-5-9(4-10(21(27)28)14(11)30-8(2)16(25)26)7-18-20-17-19-15(24)12(31-17)6-13(22)23/h4-5,7-8,12H,3,6H2,1-2H3,(H,22,23)(H,25,26)(H,19,20,24). The smallest absolute Gasteiger partial charge is 0.344 e. The minimum atomic E-state index is -1.36. The maximum Gasteiger partial charge on any atom is 0.344 e. The Morgan fingerprint density at radius 3 is 2.71 bits per heavy atom. The Kier molecular flexibility index (Phi) is 7.90. The summed E-state index contributed by atoms with van der Waals surface area (Å²) in [6.45, 7) is 2.99. The number of nitro benzene ring substituents is 1. The van der Waals surface area contributed by atoms with Crippen molar-refractivity contribution in [1.82, 2.24) is 5.32 Å². The lowest BCUT2D eigenvalue weighted by Gasteiger charge is -2.15. The van der Waals surface area contributed by atoms with Gasteiger partial charge in [-0.2, -0.15) is 5.10 Å². The number of rotatable bonds is 10. The molecule has 2 unspecified atom stereocenters. The van der Waals surface area contributed by atoms with Crippen LogP contribution in [0.4, 0.5) is 5.69 Å². The van der Waals surface area contributed by atoms with E-state index in [9.17, 15) is 24.5 Å². The highest BCUT2D eigenvalue weighted by Gasteiger charge is 2.32. The quantitative estimate of drug-likeness (QED) is 0.263. The molecule has 31 heavy (non-hydrogen) atoms. The molecule has 0 bridgehead atoms. The number of carboxylic acids is 2. The molecule has 0 aromatic heterocycles. The van der Waals surface area contributed by atoms with E-state index >= 15 is 0 Å². The molecule has 2 rings (SSSR count). The minimum absolute atomic E-state index is 0.0519. The number of carbonyl (C=O) groups is 3. The normalized spacial score (nSPS) is 18.1. The van der Waals surface area contributed by atoms with Crippen molar-refractivity contribution in [3.8, 4) is 11.5 Å². The van der Waals surface area contributed by atoms with Crippen LogP contribution in [0.25, 0.3) is 0 Å². The third-order valence-electron chi connectivity index (χ3n) is 3.69. The molecule has 3 N–H and O–H groups in total. The first-order valence-electron chi connectivity index (χ1n) is 8.77. The minimum Gasteiger partial charge on any atom is -0.490 e. The third-order valence-corrected chi connectivity index (χ3v) is 4.76. The summed E-state index contributed by atoms with van der Waals surface area (Å²) in [4.78, 5) is 44.2. The predicted molar refractivity (Wildman–Crippen MR) is 109 cm³/mol. The number of aliphatic carboxylic acids is 2. The lowest BCUT2D eigenvalue weighted by Crippen LogP contribution is -2.26. The van der Waals surface area contributed by atoms with Gasteiger partial charge in [-0.05, 0) is 19.9 Å². The molecular formula is C17H18N4O9S. The van der Waals surface area contributed by atoms with E-state index in [1.54, 1.807) is 6.92 Å². The number of hydrogen-bond donors (Lipinski definition) is 3. The molecule has 0 saturated carbocycles. The van der Waals surface area contributed by atoms with E-state index in [1.165, 1.54) is 13.0 Å². The Morgan fingerprint density at radius 1 is 1.42 bits per heavy atom. The third kappa shape index (κ3) is 6.40. The molecule has 2 atom stereocenters. The Hall–Kier alpha value is -3.68. The van der Waals surface area contributed by atoms with Crippen LogP contribution < -0.4 is 14.8 Å². The maximum absolute atomic E-state index is 11.7. The number of amidine groups is 1. The molecule has 1 saturated heterocycles. The van der Waals surface area contributed by atoms with Crippen LogP contribution in [-0.4, -0.2) is 62.3 Å². The van der Waals surface area contributed by atoms with E-state index in [0.29, 0.717) is 0 Å². The van der Waals surface area contributed by atoms with E-state index in [0.717, 1.165) is 24.0 Å². The summed E-state index contributed by atoms with van der Waals surface area (Å²) in [6, 6.07) is 2.46. The fourth-order valence-corrected chi connectivity index (χ4v) is 3.24. The van der Waals surface area contributed by atoms with Crippen LogP contribution in [0.5, 0.6) is 11.5 Å². The zero-order valence-electron chi connectivity index (χ0n) is 16.3. The molecule has 1 aromatic rings. The average molecular weight is 454 g/mol. The molecule has 0 spiro atoms. The molecule has 0 radical (unpaired) electrons. The Morgan fingerprint density at radius 2 is 2.13 bits per heavy atom. The second-order valence-corrected chi connectivity index (χ2v) is 7.19. The first-order valence-corrected chi connectivity index (χ1v) is 9.65. The van der Waals surface area contributed by atoms with Crippen LogP contribution in [0.15, 0.2) is 22.3 Å². The molecule has 1 aliphatic heterocycles. The van der Waals surface area contributed by atoms with Gasteiger partial charge in [-0.1, -0.05) is 11.8 Å². The van der Waals surface area contributed by atoms with Crippen molar-refractivity contribution in [3.05, 3.63) is 27.8 Å². The number of hydrogen-bond acceptors (Lipinski definition) is 10. The number of carbonyl (C=O) groups excluding carboxylic acids is 1. The summed E-state index contributed by atoms with van der Waals surface area (Å²) in [7, 11) is 0. The summed E-state index contributed by atoms with van der Waals surface area (Å²) in [5.74, 6) is -3.34. The van der Waals surface area contributed by atoms with Crippen molar-refractivity contribution < 1.29 is 39.0 Å². The zero-order valence-corrected chi connectivity index (χ0v) is 17.1. The number of carboxylic acid groups (broad SMARTS) is 2. The highest BCUT2D eigenvalue weighted by Crippen LogP contribution is 2.39. The van der Waals surface area contributed by atoms with Crippen LogP contribution in [0.3, 0.4) is 0 Å². The largest absolute Gasteiger partial charge is 0.490 e. The number of ether oxygens (including phenoxy) is 2. The molecular weight excluding hydrogens is 436 g/mol. The molecule has 13 nitrogen and oxygen atoms in total. The highest BCUT2D eigenvalue weighted by atomic mass is 32.2. The van der Waals surface area contributed by atoms with Crippen molar-refractivity contribution in [2.45, 2.75) is 31.6 Å². The van der Waals surface area contributed by atoms with Gasteiger partial charge in [-0.3, -0.25) is 19.7 Å². The van der Waals surface area contributed by atoms with Gasteiger partial charge < -0.3 is 25.0 Å². The average Bonchev–Trinajstić information content (AvgIpc) is 3.01. The van der Waals surface area contributed by atoms with Crippen molar-refractivity contribution in [2.24, 2.45) is 10.2 Å². The van der Waals surface area contributed by atoms with Gasteiger partial charge in [0, 0.05) is 11.6 Å². The van der Waals surface area contributed by atoms with Crippen LogP contribution in [0, 0.1) is 10.1 Å². The molecule has 1 aromatic carbocycles. The fourth-order valence-electron chi connectivity index (χ4n) is 2.32. The number of thioether (sulfide) groups is 1. The summed E-state index contributed by atoms with van der Waals surface area (Å²) in [6.07, 6.45) is -0.575. The summed E-state index contributed by atoms with van der Waals surface area (Å²) in [5, 5.41) is 38.4. The SMILES string of the molecule is CCOc1cc(C=NN=C2NC(=O)C(CC(=O)O)S2)cc([N+](=O)[O-])c1OC(C)C(=O)O. The second-order valence-electron chi connectivity index (χ2n) is 6.00. The van der Waals surface area contributed by atoms with Crippen molar-refractivity contribution >= 4 is 46.7 Å². The summed E-state index contributed by atoms with van der Waals surface area (Å²) < 4.78 is 10.6. The van der Waals surface area contributed by atoms with Crippen molar-refractivity contribution in [1.29, 1.82) is 0 Å². The fraction of sp³-hybridized carbons (Fsp3) is 0.353. The van der Waals surface area contributed by atoms with Gasteiger partial charge in [-0.15, -0.1) is 5.10 Å². The van der Waals surface area contributed by atoms with Crippen LogP contribution >= 0.6 is 11.8 Å². The Balaban J connectivity index is 2.30. The van der Waals surface area contributed by atoms with E-state index in [-0.39, 0.29) is 35.3 Å². The number of nitrogens with zero attached hydrogens (tertiary/aromatic N) is 3. The zero-order chi connectivity index (χ0) is 23.1. The number of nitrogens with one attached hydrogen (secondary N) is 1. The van der Waals surface area contributed by atoms with Gasteiger partial charge in [0.2, 0.25) is 11.7 Å². The lowest BCUT2D eigenvalue weighted by molar-refractivity contribution is -0.386. The topological polar surface area (TPSA) is 190 Å².